The van der Waals surface area contributed by atoms with Gasteiger partial charge in [-0.15, -0.1) is 0 Å². The molecule has 0 aromatic carbocycles. The monoisotopic (exact) mass is 304 g/mol. The topological polar surface area (TPSA) is 40.5 Å². The molecule has 1 aliphatic carbocycles. The van der Waals surface area contributed by atoms with Crippen molar-refractivity contribution in [2.45, 2.75) is 66.4 Å². The van der Waals surface area contributed by atoms with Crippen molar-refractivity contribution in [3.05, 3.63) is 46.6 Å². The van der Waals surface area contributed by atoms with Crippen LogP contribution in [-0.4, -0.2) is 22.9 Å². The van der Waals surface area contributed by atoms with Crippen molar-refractivity contribution in [2.75, 3.05) is 6.61 Å². The second-order valence-electron chi connectivity index (χ2n) is 7.19. The third-order valence-corrected chi connectivity index (χ3v) is 4.43. The van der Waals surface area contributed by atoms with Gasteiger partial charge < -0.3 is 10.2 Å². The number of hydrogen-bond acceptors (Lipinski definition) is 2. The summed E-state index contributed by atoms with van der Waals surface area (Å²) in [5.74, 6) is 0. The van der Waals surface area contributed by atoms with Crippen molar-refractivity contribution < 1.29 is 10.2 Å². The maximum absolute atomic E-state index is 9.93. The van der Waals surface area contributed by atoms with Crippen LogP contribution in [0.3, 0.4) is 0 Å². The Morgan fingerprint density at radius 3 is 2.55 bits per heavy atom. The van der Waals surface area contributed by atoms with Gasteiger partial charge in [0.25, 0.3) is 0 Å². The highest BCUT2D eigenvalue weighted by molar-refractivity contribution is 5.36. The zero-order valence-corrected chi connectivity index (χ0v) is 14.8. The van der Waals surface area contributed by atoms with Crippen molar-refractivity contribution in [2.24, 2.45) is 5.41 Å². The van der Waals surface area contributed by atoms with Crippen molar-refractivity contribution in [3.63, 3.8) is 0 Å². The largest absolute Gasteiger partial charge is 0.393 e. The summed E-state index contributed by atoms with van der Waals surface area (Å²) in [4.78, 5) is 0. The number of aliphatic hydroxyl groups is 2. The van der Waals surface area contributed by atoms with Gasteiger partial charge >= 0.3 is 0 Å². The molecular weight excluding hydrogens is 272 g/mol. The molecule has 2 nitrogen and oxygen atoms in total. The van der Waals surface area contributed by atoms with E-state index in [-0.39, 0.29) is 18.1 Å². The molecule has 124 valence electrons. The summed E-state index contributed by atoms with van der Waals surface area (Å²) in [7, 11) is 0. The van der Waals surface area contributed by atoms with E-state index in [0.717, 1.165) is 25.7 Å². The first-order chi connectivity index (χ1) is 10.3. The molecule has 1 unspecified atom stereocenters. The Labute approximate surface area is 135 Å². The van der Waals surface area contributed by atoms with Gasteiger partial charge in [-0.3, -0.25) is 0 Å². The summed E-state index contributed by atoms with van der Waals surface area (Å²) in [5.41, 5.74) is 5.20. The van der Waals surface area contributed by atoms with Gasteiger partial charge in [0.1, 0.15) is 0 Å². The number of rotatable bonds is 6. The number of aliphatic hydroxyl groups excluding tert-OH is 2. The molecule has 2 heteroatoms. The fourth-order valence-electron chi connectivity index (χ4n) is 3.25. The Bertz CT molecular complexity index is 490. The third-order valence-electron chi connectivity index (χ3n) is 4.43. The molecular formula is C20H32O2. The number of hydrogen-bond donors (Lipinski definition) is 2. The lowest BCUT2D eigenvalue weighted by Gasteiger charge is -2.35. The second kappa shape index (κ2) is 8.50. The highest BCUT2D eigenvalue weighted by atomic mass is 16.3. The van der Waals surface area contributed by atoms with Crippen LogP contribution in [-0.2, 0) is 0 Å². The van der Waals surface area contributed by atoms with Gasteiger partial charge in [-0.2, -0.15) is 0 Å². The average molecular weight is 304 g/mol. The first-order valence-corrected chi connectivity index (χ1v) is 8.26. The lowest BCUT2D eigenvalue weighted by Crippen LogP contribution is -2.28. The molecule has 0 fully saturated rings. The SMILES string of the molecule is CC(C=CC1=C(C)CC(O)CC1(C)C)=CCCC(C)=CCO. The Balaban J connectivity index is 2.70. The van der Waals surface area contributed by atoms with E-state index in [0.29, 0.717) is 0 Å². The molecule has 1 rings (SSSR count). The van der Waals surface area contributed by atoms with E-state index < -0.39 is 0 Å². The first kappa shape index (κ1) is 18.9. The predicted molar refractivity (Wildman–Crippen MR) is 94.7 cm³/mol. The molecule has 0 radical (unpaired) electrons. The van der Waals surface area contributed by atoms with Crippen LogP contribution in [0.15, 0.2) is 46.6 Å². The van der Waals surface area contributed by atoms with E-state index in [1.807, 2.05) is 6.08 Å². The highest BCUT2D eigenvalue weighted by Crippen LogP contribution is 2.41. The molecule has 0 aromatic heterocycles. The van der Waals surface area contributed by atoms with Gasteiger partial charge in [-0.25, -0.2) is 0 Å². The van der Waals surface area contributed by atoms with Crippen LogP contribution in [0.25, 0.3) is 0 Å². The van der Waals surface area contributed by atoms with Crippen LogP contribution >= 0.6 is 0 Å². The maximum atomic E-state index is 9.93. The molecule has 1 aliphatic rings. The van der Waals surface area contributed by atoms with E-state index >= 15 is 0 Å². The van der Waals surface area contributed by atoms with Crippen molar-refractivity contribution in [1.29, 1.82) is 0 Å². The normalized spacial score (nSPS) is 23.5. The summed E-state index contributed by atoms with van der Waals surface area (Å²) >= 11 is 0. The van der Waals surface area contributed by atoms with Crippen LogP contribution in [0.5, 0.6) is 0 Å². The van der Waals surface area contributed by atoms with Crippen LogP contribution in [0.4, 0.5) is 0 Å². The van der Waals surface area contributed by atoms with Crippen molar-refractivity contribution in [3.8, 4) is 0 Å². The minimum atomic E-state index is -0.204. The van der Waals surface area contributed by atoms with E-state index in [1.54, 1.807) is 0 Å². The molecule has 0 aliphatic heterocycles. The van der Waals surface area contributed by atoms with Crippen molar-refractivity contribution >= 4 is 0 Å². The van der Waals surface area contributed by atoms with Crippen LogP contribution in [0.2, 0.25) is 0 Å². The first-order valence-electron chi connectivity index (χ1n) is 8.26. The van der Waals surface area contributed by atoms with Gasteiger partial charge in [-0.05, 0) is 57.4 Å². The summed E-state index contributed by atoms with van der Waals surface area (Å²) in [6.45, 7) is 10.9. The smallest absolute Gasteiger partial charge is 0.0614 e. The second-order valence-corrected chi connectivity index (χ2v) is 7.19. The van der Waals surface area contributed by atoms with Crippen LogP contribution in [0, 0.1) is 5.41 Å². The molecule has 0 spiro atoms. The molecule has 0 bridgehead atoms. The zero-order valence-electron chi connectivity index (χ0n) is 14.8. The minimum Gasteiger partial charge on any atom is -0.393 e. The maximum Gasteiger partial charge on any atom is 0.0614 e. The molecule has 1 atom stereocenters. The Morgan fingerprint density at radius 2 is 1.95 bits per heavy atom. The van der Waals surface area contributed by atoms with Crippen LogP contribution in [0.1, 0.15) is 60.3 Å². The number of allylic oxidation sites excluding steroid dienone is 6. The van der Waals surface area contributed by atoms with Crippen LogP contribution < -0.4 is 0 Å². The Hall–Kier alpha value is -1.12. The van der Waals surface area contributed by atoms with Gasteiger partial charge in [0.05, 0.1) is 12.7 Å². The molecule has 0 heterocycles. The summed E-state index contributed by atoms with van der Waals surface area (Å²) in [6, 6.07) is 0. The lowest BCUT2D eigenvalue weighted by molar-refractivity contribution is 0.116. The van der Waals surface area contributed by atoms with Gasteiger partial charge in [0, 0.05) is 0 Å². The Morgan fingerprint density at radius 1 is 1.27 bits per heavy atom. The van der Waals surface area contributed by atoms with E-state index in [2.05, 4.69) is 52.8 Å². The van der Waals surface area contributed by atoms with E-state index in [4.69, 9.17) is 5.11 Å². The third kappa shape index (κ3) is 5.94. The fraction of sp³-hybridized carbons (Fsp3) is 0.600. The molecule has 22 heavy (non-hydrogen) atoms. The quantitative estimate of drug-likeness (QED) is 0.551. The molecule has 2 N–H and O–H groups in total. The molecule has 0 aromatic rings. The molecule has 0 amide bonds. The summed E-state index contributed by atoms with van der Waals surface area (Å²) in [6.07, 6.45) is 11.9. The summed E-state index contributed by atoms with van der Waals surface area (Å²) in [5, 5.41) is 18.8. The van der Waals surface area contributed by atoms with Gasteiger partial charge in [0.2, 0.25) is 0 Å². The molecule has 0 saturated heterocycles. The van der Waals surface area contributed by atoms with Gasteiger partial charge in [-0.1, -0.05) is 54.9 Å². The van der Waals surface area contributed by atoms with E-state index in [1.165, 1.54) is 22.3 Å². The lowest BCUT2D eigenvalue weighted by atomic mass is 9.71. The average Bonchev–Trinajstić information content (AvgIpc) is 2.36. The van der Waals surface area contributed by atoms with Crippen molar-refractivity contribution in [1.82, 2.24) is 0 Å². The predicted octanol–water partition coefficient (Wildman–Crippen LogP) is 4.71. The highest BCUT2D eigenvalue weighted by Gasteiger charge is 2.31. The fourth-order valence-corrected chi connectivity index (χ4v) is 3.25. The van der Waals surface area contributed by atoms with E-state index in [9.17, 15) is 5.11 Å². The Kier molecular flexibility index (Phi) is 7.31. The van der Waals surface area contributed by atoms with Gasteiger partial charge in [0.15, 0.2) is 0 Å². The standard InChI is InChI=1S/C20H32O2/c1-15(7-6-8-16(2)11-12-21)9-10-19-17(3)13-18(22)14-20(19,4)5/h7,9-11,18,21-22H,6,8,12-14H2,1-5H3. The zero-order chi connectivity index (χ0) is 16.8. The molecule has 0 saturated carbocycles. The summed E-state index contributed by atoms with van der Waals surface area (Å²) < 4.78 is 0. The minimum absolute atomic E-state index is 0.0407.